The van der Waals surface area contributed by atoms with E-state index in [2.05, 4.69) is 24.3 Å². The Hall–Kier alpha value is -5.04. The number of likely N-dealkylation sites (tertiary alicyclic amines) is 1. The molecule has 8 rings (SSSR count). The van der Waals surface area contributed by atoms with Crippen LogP contribution in [0.5, 0.6) is 5.75 Å². The van der Waals surface area contributed by atoms with E-state index in [0.29, 0.717) is 42.7 Å². The summed E-state index contributed by atoms with van der Waals surface area (Å²) in [6.45, 7) is 0.328. The number of imide groups is 1. The highest BCUT2D eigenvalue weighted by molar-refractivity contribution is 6.07. The molecule has 232 valence electrons. The summed E-state index contributed by atoms with van der Waals surface area (Å²) in [5, 5.41) is 0. The van der Waals surface area contributed by atoms with Gasteiger partial charge in [-0.05, 0) is 59.4 Å². The SMILES string of the molecule is COc1ccc(C(=O)[C@H](OC(=O)CCCCCN2C(=O)[C@@H]3C4c5ccccc5C(c5ccccc54)[C@@H]3C2=O)c2ccccc2)cc1. The second kappa shape index (κ2) is 12.4. The smallest absolute Gasteiger partial charge is 0.306 e. The summed E-state index contributed by atoms with van der Waals surface area (Å²) >= 11 is 0. The van der Waals surface area contributed by atoms with Crippen LogP contribution in [-0.2, 0) is 19.1 Å². The number of Topliss-reactive ketones (excluding diaryl/α,β-unsaturated/α-hetero) is 1. The third-order valence-corrected chi connectivity index (χ3v) is 9.77. The van der Waals surface area contributed by atoms with Crippen LogP contribution in [0.25, 0.3) is 0 Å². The van der Waals surface area contributed by atoms with Crippen LogP contribution in [0.1, 0.15) is 81.8 Å². The van der Waals surface area contributed by atoms with Gasteiger partial charge in [-0.3, -0.25) is 24.1 Å². The zero-order valence-corrected chi connectivity index (χ0v) is 25.6. The lowest BCUT2D eigenvalue weighted by molar-refractivity contribution is -0.147. The number of nitrogens with zero attached hydrogens (tertiary/aromatic N) is 1. The van der Waals surface area contributed by atoms with Gasteiger partial charge in [-0.1, -0.05) is 85.3 Å². The predicted molar refractivity (Wildman–Crippen MR) is 171 cm³/mol. The Labute approximate surface area is 268 Å². The summed E-state index contributed by atoms with van der Waals surface area (Å²) < 4.78 is 10.9. The Kier molecular flexibility index (Phi) is 7.99. The maximum Gasteiger partial charge on any atom is 0.306 e. The van der Waals surface area contributed by atoms with Gasteiger partial charge < -0.3 is 9.47 Å². The highest BCUT2D eigenvalue weighted by Gasteiger charge is 2.61. The molecule has 0 N–H and O–H groups in total. The van der Waals surface area contributed by atoms with Crippen molar-refractivity contribution in [3.05, 3.63) is 137 Å². The largest absolute Gasteiger partial charge is 0.497 e. The zero-order chi connectivity index (χ0) is 31.8. The second-order valence-corrected chi connectivity index (χ2v) is 12.3. The summed E-state index contributed by atoms with van der Waals surface area (Å²) in [7, 11) is 1.56. The Bertz CT molecular complexity index is 1680. The second-order valence-electron chi connectivity index (χ2n) is 12.3. The fourth-order valence-corrected chi connectivity index (χ4v) is 7.67. The van der Waals surface area contributed by atoms with E-state index >= 15 is 0 Å². The molecule has 2 amide bonds. The van der Waals surface area contributed by atoms with Gasteiger partial charge in [0, 0.05) is 35.9 Å². The molecular formula is C39H35NO6. The van der Waals surface area contributed by atoms with E-state index in [0.717, 1.165) is 22.3 Å². The monoisotopic (exact) mass is 613 g/mol. The van der Waals surface area contributed by atoms with Gasteiger partial charge in [-0.2, -0.15) is 0 Å². The van der Waals surface area contributed by atoms with Gasteiger partial charge >= 0.3 is 5.97 Å². The third-order valence-electron chi connectivity index (χ3n) is 9.77. The first-order chi connectivity index (χ1) is 22.5. The van der Waals surface area contributed by atoms with Crippen molar-refractivity contribution in [1.29, 1.82) is 0 Å². The molecule has 1 fully saturated rings. The van der Waals surface area contributed by atoms with Crippen LogP contribution in [0, 0.1) is 11.8 Å². The molecule has 3 aliphatic carbocycles. The maximum atomic E-state index is 13.8. The van der Waals surface area contributed by atoms with Crippen LogP contribution in [-0.4, -0.2) is 42.1 Å². The molecule has 4 aromatic carbocycles. The van der Waals surface area contributed by atoms with Gasteiger partial charge in [-0.25, -0.2) is 0 Å². The predicted octanol–water partition coefficient (Wildman–Crippen LogP) is 6.62. The quantitative estimate of drug-likeness (QED) is 0.0818. The number of esters is 1. The van der Waals surface area contributed by atoms with Crippen molar-refractivity contribution in [2.75, 3.05) is 13.7 Å². The Morgan fingerprint density at radius 2 is 1.20 bits per heavy atom. The minimum Gasteiger partial charge on any atom is -0.497 e. The molecule has 4 aromatic rings. The van der Waals surface area contributed by atoms with Crippen molar-refractivity contribution in [2.45, 2.75) is 43.6 Å². The van der Waals surface area contributed by atoms with Gasteiger partial charge in [0.05, 0.1) is 18.9 Å². The number of ketones is 1. The van der Waals surface area contributed by atoms with E-state index < -0.39 is 12.1 Å². The van der Waals surface area contributed by atoms with Gasteiger partial charge in [0.15, 0.2) is 6.10 Å². The molecule has 1 aliphatic heterocycles. The molecule has 0 spiro atoms. The van der Waals surface area contributed by atoms with Gasteiger partial charge in [0.2, 0.25) is 17.6 Å². The molecule has 0 unspecified atom stereocenters. The van der Waals surface area contributed by atoms with E-state index in [1.165, 1.54) is 4.90 Å². The topological polar surface area (TPSA) is 90.0 Å². The molecule has 7 heteroatoms. The highest BCUT2D eigenvalue weighted by atomic mass is 16.5. The highest BCUT2D eigenvalue weighted by Crippen LogP contribution is 2.60. The number of methoxy groups -OCH3 is 1. The lowest BCUT2D eigenvalue weighted by atomic mass is 9.55. The molecule has 4 aliphatic rings. The summed E-state index contributed by atoms with van der Waals surface area (Å²) in [5.41, 5.74) is 5.66. The van der Waals surface area contributed by atoms with Crippen molar-refractivity contribution >= 4 is 23.6 Å². The Morgan fingerprint density at radius 3 is 1.72 bits per heavy atom. The number of carbonyl (C=O) groups excluding carboxylic acids is 4. The first kappa shape index (κ1) is 29.7. The number of benzene rings is 4. The average Bonchev–Trinajstić information content (AvgIpc) is 3.36. The minimum absolute atomic E-state index is 0.0869. The van der Waals surface area contributed by atoms with E-state index in [4.69, 9.17) is 9.47 Å². The number of amides is 2. The van der Waals surface area contributed by atoms with E-state index in [9.17, 15) is 19.2 Å². The first-order valence-electron chi connectivity index (χ1n) is 15.9. The summed E-state index contributed by atoms with van der Waals surface area (Å²) in [6.07, 6.45) is 0.807. The van der Waals surface area contributed by atoms with Crippen LogP contribution in [0.4, 0.5) is 0 Å². The molecule has 0 saturated carbocycles. The summed E-state index contributed by atoms with van der Waals surface area (Å²) in [6, 6.07) is 32.2. The molecule has 0 radical (unpaired) electrons. The maximum absolute atomic E-state index is 13.8. The van der Waals surface area contributed by atoms with E-state index in [1.54, 1.807) is 55.6 Å². The average molecular weight is 614 g/mol. The first-order valence-corrected chi connectivity index (χ1v) is 15.9. The molecule has 3 atom stereocenters. The molecule has 2 bridgehead atoms. The minimum atomic E-state index is -1.06. The van der Waals surface area contributed by atoms with Crippen LogP contribution in [0.15, 0.2) is 103 Å². The van der Waals surface area contributed by atoms with Gasteiger partial charge in [0.25, 0.3) is 0 Å². The van der Waals surface area contributed by atoms with E-state index in [1.807, 2.05) is 30.3 Å². The normalized spacial score (nSPS) is 21.3. The molecule has 1 heterocycles. The number of hydrogen-bond donors (Lipinski definition) is 0. The summed E-state index contributed by atoms with van der Waals surface area (Å²) in [4.78, 5) is 55.4. The van der Waals surface area contributed by atoms with Crippen molar-refractivity contribution in [3.8, 4) is 5.75 Å². The van der Waals surface area contributed by atoms with Crippen LogP contribution in [0.2, 0.25) is 0 Å². The number of hydrogen-bond acceptors (Lipinski definition) is 6. The van der Waals surface area contributed by atoms with Crippen molar-refractivity contribution in [3.63, 3.8) is 0 Å². The van der Waals surface area contributed by atoms with Crippen molar-refractivity contribution in [2.24, 2.45) is 11.8 Å². The summed E-state index contributed by atoms with van der Waals surface area (Å²) in [5.74, 6) is -1.31. The van der Waals surface area contributed by atoms with Crippen LogP contribution < -0.4 is 4.74 Å². The lowest BCUT2D eigenvalue weighted by Gasteiger charge is -2.45. The standard InChI is InChI=1S/C39H35NO6/c1-45-26-21-19-24(20-22-26)36(42)37(25-12-4-2-5-13-25)46-31(41)18-6-3-11-23-40-38(43)34-32-27-14-7-8-15-28(27)33(35(34)39(40)44)30-17-10-9-16-29(30)32/h2,4-5,7-10,12-17,19-22,32-35,37H,3,6,11,18,23H2,1H3/t32?,33?,34-,35+,37-/m1/s1. The molecule has 46 heavy (non-hydrogen) atoms. The van der Waals surface area contributed by atoms with Gasteiger partial charge in [-0.15, -0.1) is 0 Å². The lowest BCUT2D eigenvalue weighted by Crippen LogP contribution is -2.41. The third kappa shape index (κ3) is 5.10. The van der Waals surface area contributed by atoms with E-state index in [-0.39, 0.29) is 47.7 Å². The zero-order valence-electron chi connectivity index (χ0n) is 25.6. The number of unbranched alkanes of at least 4 members (excludes halogenated alkanes) is 2. The Balaban J connectivity index is 0.969. The number of carbonyl (C=O) groups is 4. The van der Waals surface area contributed by atoms with Gasteiger partial charge in [0.1, 0.15) is 5.75 Å². The van der Waals surface area contributed by atoms with Crippen molar-refractivity contribution in [1.82, 2.24) is 4.90 Å². The number of rotatable bonds is 11. The molecule has 0 aromatic heterocycles. The van der Waals surface area contributed by atoms with Crippen LogP contribution >= 0.6 is 0 Å². The molecule has 1 saturated heterocycles. The molecular weight excluding hydrogens is 578 g/mol. The fourth-order valence-electron chi connectivity index (χ4n) is 7.67. The number of ether oxygens (including phenoxy) is 2. The van der Waals surface area contributed by atoms with Crippen molar-refractivity contribution < 1.29 is 28.7 Å². The Morgan fingerprint density at radius 1 is 0.674 bits per heavy atom. The molecule has 7 nitrogen and oxygen atoms in total. The van der Waals surface area contributed by atoms with Crippen LogP contribution in [0.3, 0.4) is 0 Å². The fraction of sp³-hybridized carbons (Fsp3) is 0.282.